The molecule has 0 fully saturated rings. The maximum atomic E-state index is 13.3. The molecule has 0 heterocycles. The lowest BCUT2D eigenvalue weighted by atomic mass is 9.83. The van der Waals surface area contributed by atoms with Crippen LogP contribution in [0.25, 0.3) is 0 Å². The summed E-state index contributed by atoms with van der Waals surface area (Å²) < 4.78 is 66.6. The van der Waals surface area contributed by atoms with Crippen molar-refractivity contribution in [3.05, 3.63) is 23.6 Å². The summed E-state index contributed by atoms with van der Waals surface area (Å²) in [5.41, 5.74) is -1.20. The number of hydrogen-bond acceptors (Lipinski definition) is 2. The van der Waals surface area contributed by atoms with Crippen LogP contribution in [-0.2, 0) is 11.4 Å². The van der Waals surface area contributed by atoms with E-state index >= 15 is 0 Å². The predicted octanol–water partition coefficient (Wildman–Crippen LogP) is 4.13. The van der Waals surface area contributed by atoms with Crippen molar-refractivity contribution >= 4 is 17.6 Å². The summed E-state index contributed by atoms with van der Waals surface area (Å²) in [7, 11) is 0. The zero-order chi connectivity index (χ0) is 15.7. The van der Waals surface area contributed by atoms with Gasteiger partial charge in [-0.25, -0.2) is 4.39 Å². The minimum atomic E-state index is -4.72. The number of nitrogens with zero attached hydrogens (tertiary/aromatic N) is 1. The third-order valence-corrected chi connectivity index (χ3v) is 4.27. The van der Waals surface area contributed by atoms with Crippen LogP contribution in [0.4, 0.5) is 17.6 Å². The van der Waals surface area contributed by atoms with Crippen LogP contribution in [0.2, 0.25) is 0 Å². The Morgan fingerprint density at radius 1 is 1.30 bits per heavy atom. The number of halogens is 4. The third-order valence-electron chi connectivity index (χ3n) is 2.91. The van der Waals surface area contributed by atoms with Crippen molar-refractivity contribution in [3.8, 4) is 0 Å². The molecule has 114 valence electrons. The maximum Gasteiger partial charge on any atom is 0.415 e. The molecule has 0 saturated heterocycles. The summed E-state index contributed by atoms with van der Waals surface area (Å²) in [6.07, 6.45) is -1.41. The van der Waals surface area contributed by atoms with Crippen molar-refractivity contribution in [1.82, 2.24) is 0 Å². The first-order valence-corrected chi connectivity index (χ1v) is 7.16. The van der Waals surface area contributed by atoms with Gasteiger partial charge in [-0.3, -0.25) is 0 Å². The van der Waals surface area contributed by atoms with E-state index in [0.717, 1.165) is 6.08 Å². The Morgan fingerprint density at radius 2 is 1.85 bits per heavy atom. The van der Waals surface area contributed by atoms with Gasteiger partial charge in [0.2, 0.25) is 0 Å². The Hall–Kier alpha value is -0.820. The van der Waals surface area contributed by atoms with E-state index in [1.807, 2.05) is 0 Å². The summed E-state index contributed by atoms with van der Waals surface area (Å²) >= 11 is -1.55. The fraction of sp³-hybridized carbons (Fsp3) is 0.615. The fourth-order valence-electron chi connectivity index (χ4n) is 1.72. The largest absolute Gasteiger partial charge is 0.591 e. The molecule has 0 aromatic rings. The number of allylic oxidation sites excluding steroid dienone is 4. The van der Waals surface area contributed by atoms with E-state index in [1.165, 1.54) is 19.2 Å². The molecule has 3 atom stereocenters. The SMILES string of the molecule is CC1C(C(F)(F)F)=C(F)C=CC1/C=N/[S@+]([O-])C(C)(C)C. The molecule has 0 saturated carbocycles. The van der Waals surface area contributed by atoms with E-state index in [9.17, 15) is 22.1 Å². The van der Waals surface area contributed by atoms with Crippen molar-refractivity contribution in [3.63, 3.8) is 0 Å². The summed E-state index contributed by atoms with van der Waals surface area (Å²) in [6, 6.07) is 0. The van der Waals surface area contributed by atoms with Gasteiger partial charge in [0.15, 0.2) is 0 Å². The summed E-state index contributed by atoms with van der Waals surface area (Å²) in [4.78, 5) is 0. The Labute approximate surface area is 119 Å². The average Bonchev–Trinajstić information content (AvgIpc) is 2.24. The summed E-state index contributed by atoms with van der Waals surface area (Å²) in [5, 5.41) is 0. The van der Waals surface area contributed by atoms with Crippen molar-refractivity contribution < 1.29 is 22.1 Å². The molecule has 1 aliphatic rings. The molecule has 2 nitrogen and oxygen atoms in total. The predicted molar refractivity (Wildman–Crippen MR) is 72.4 cm³/mol. The topological polar surface area (TPSA) is 35.4 Å². The summed E-state index contributed by atoms with van der Waals surface area (Å²) in [5.74, 6) is -3.09. The highest BCUT2D eigenvalue weighted by atomic mass is 32.2. The van der Waals surface area contributed by atoms with Gasteiger partial charge >= 0.3 is 6.18 Å². The highest BCUT2D eigenvalue weighted by Gasteiger charge is 2.43. The number of hydrogen-bond donors (Lipinski definition) is 0. The molecule has 0 aromatic carbocycles. The van der Waals surface area contributed by atoms with E-state index < -0.39 is 45.5 Å². The van der Waals surface area contributed by atoms with Crippen molar-refractivity contribution in [1.29, 1.82) is 0 Å². The van der Waals surface area contributed by atoms with E-state index in [2.05, 4.69) is 4.40 Å². The molecule has 0 bridgehead atoms. The monoisotopic (exact) mass is 311 g/mol. The van der Waals surface area contributed by atoms with Crippen molar-refractivity contribution in [2.75, 3.05) is 0 Å². The van der Waals surface area contributed by atoms with Crippen LogP contribution in [-0.4, -0.2) is 21.7 Å². The molecule has 20 heavy (non-hydrogen) atoms. The van der Waals surface area contributed by atoms with Crippen molar-refractivity contribution in [2.24, 2.45) is 16.2 Å². The van der Waals surface area contributed by atoms with Crippen LogP contribution in [0.15, 0.2) is 27.9 Å². The average molecular weight is 311 g/mol. The first-order chi connectivity index (χ1) is 8.94. The van der Waals surface area contributed by atoms with Gasteiger partial charge in [-0.1, -0.05) is 17.4 Å². The van der Waals surface area contributed by atoms with Gasteiger partial charge in [-0.2, -0.15) is 13.2 Å². The zero-order valence-electron chi connectivity index (χ0n) is 11.7. The minimum Gasteiger partial charge on any atom is -0.591 e. The van der Waals surface area contributed by atoms with Gasteiger partial charge in [-0.05, 0) is 26.8 Å². The first-order valence-electron chi connectivity index (χ1n) is 6.06. The number of rotatable bonds is 2. The van der Waals surface area contributed by atoms with Crippen LogP contribution in [0.1, 0.15) is 27.7 Å². The molecule has 0 amide bonds. The Morgan fingerprint density at radius 3 is 2.30 bits per heavy atom. The first kappa shape index (κ1) is 17.2. The quantitative estimate of drug-likeness (QED) is 0.429. The molecule has 0 radical (unpaired) electrons. The van der Waals surface area contributed by atoms with E-state index in [0.29, 0.717) is 0 Å². The van der Waals surface area contributed by atoms with Gasteiger partial charge < -0.3 is 4.55 Å². The third kappa shape index (κ3) is 4.09. The standard InChI is InChI=1S/C13H17F4NOS/c1-8-9(7-18-20(19)12(2,3)4)5-6-10(14)11(8)13(15,16)17/h5-9H,1-4H3/b18-7+/t8?,9?,20-/m1/s1. The lowest BCUT2D eigenvalue weighted by Crippen LogP contribution is -2.29. The molecular weight excluding hydrogens is 294 g/mol. The van der Waals surface area contributed by atoms with Gasteiger partial charge in [-0.15, -0.1) is 0 Å². The van der Waals surface area contributed by atoms with E-state index in [1.54, 1.807) is 20.8 Å². The molecule has 1 aliphatic carbocycles. The Kier molecular flexibility index (Phi) is 5.08. The lowest BCUT2D eigenvalue weighted by Gasteiger charge is -2.26. The molecule has 1 rings (SSSR count). The number of alkyl halides is 3. The second-order valence-electron chi connectivity index (χ2n) is 5.60. The smallest absolute Gasteiger partial charge is 0.415 e. The minimum absolute atomic E-state index is 0.591. The molecule has 0 N–H and O–H groups in total. The lowest BCUT2D eigenvalue weighted by molar-refractivity contribution is -0.101. The molecular formula is C13H17F4NOS. The molecule has 0 aromatic heterocycles. The van der Waals surface area contributed by atoms with E-state index in [4.69, 9.17) is 0 Å². The van der Waals surface area contributed by atoms with Gasteiger partial charge in [0.1, 0.15) is 21.9 Å². The van der Waals surface area contributed by atoms with Crippen LogP contribution in [0.5, 0.6) is 0 Å². The van der Waals surface area contributed by atoms with Crippen molar-refractivity contribution in [2.45, 2.75) is 38.6 Å². The Balaban J connectivity index is 2.93. The van der Waals surface area contributed by atoms with Gasteiger partial charge in [0.25, 0.3) is 0 Å². The van der Waals surface area contributed by atoms with E-state index in [-0.39, 0.29) is 0 Å². The maximum absolute atomic E-state index is 13.3. The highest BCUT2D eigenvalue weighted by molar-refractivity contribution is 7.91. The second kappa shape index (κ2) is 5.89. The van der Waals surface area contributed by atoms with Gasteiger partial charge in [0.05, 0.1) is 11.8 Å². The van der Waals surface area contributed by atoms with Crippen LogP contribution in [0.3, 0.4) is 0 Å². The molecule has 7 heteroatoms. The summed E-state index contributed by atoms with van der Waals surface area (Å²) in [6.45, 7) is 6.41. The van der Waals surface area contributed by atoms with Crippen LogP contribution in [0, 0.1) is 11.8 Å². The van der Waals surface area contributed by atoms with Gasteiger partial charge in [0, 0.05) is 11.8 Å². The van der Waals surface area contributed by atoms with Crippen LogP contribution < -0.4 is 0 Å². The molecule has 2 unspecified atom stereocenters. The second-order valence-corrected chi connectivity index (χ2v) is 7.53. The fourth-order valence-corrected chi connectivity index (χ4v) is 2.29. The zero-order valence-corrected chi connectivity index (χ0v) is 12.5. The highest BCUT2D eigenvalue weighted by Crippen LogP contribution is 2.40. The van der Waals surface area contributed by atoms with Crippen LogP contribution >= 0.6 is 0 Å². The molecule has 0 aliphatic heterocycles. The normalized spacial score (nSPS) is 26.4. The Bertz CT molecular complexity index is 448. The molecule has 0 spiro atoms.